The first-order chi connectivity index (χ1) is 8.58. The Morgan fingerprint density at radius 2 is 2.11 bits per heavy atom. The van der Waals surface area contributed by atoms with Crippen molar-refractivity contribution in [3.8, 4) is 11.3 Å². The number of carboxylic acid groups (broad SMARTS) is 1. The summed E-state index contributed by atoms with van der Waals surface area (Å²) in [5, 5.41) is 8.89. The van der Waals surface area contributed by atoms with Crippen molar-refractivity contribution in [2.24, 2.45) is 0 Å². The Labute approximate surface area is 108 Å². The molecule has 0 aliphatic heterocycles. The smallest absolute Gasteiger partial charge is 0.307 e. The van der Waals surface area contributed by atoms with E-state index in [1.54, 1.807) is 18.2 Å². The van der Waals surface area contributed by atoms with Gasteiger partial charge in [-0.2, -0.15) is 0 Å². The van der Waals surface area contributed by atoms with Crippen LogP contribution in [0.15, 0.2) is 36.5 Å². The minimum absolute atomic E-state index is 0.162. The molecule has 1 N–H and O–H groups in total. The molecule has 0 saturated carbocycles. The summed E-state index contributed by atoms with van der Waals surface area (Å²) in [6, 6.07) is 7.64. The lowest BCUT2D eigenvalue weighted by atomic mass is 10.1. The summed E-state index contributed by atoms with van der Waals surface area (Å²) in [6.45, 7) is 0. The maximum absolute atomic E-state index is 13.6. The molecule has 0 bridgehead atoms. The number of nitrogens with zero attached hydrogens (tertiary/aromatic N) is 1. The molecule has 5 heteroatoms. The van der Waals surface area contributed by atoms with Crippen LogP contribution in [-0.2, 0) is 11.2 Å². The molecule has 0 unspecified atom stereocenters. The lowest BCUT2D eigenvalue weighted by Gasteiger charge is -2.06. The van der Waals surface area contributed by atoms with E-state index in [4.69, 9.17) is 16.7 Å². The minimum Gasteiger partial charge on any atom is -0.481 e. The number of hydrogen-bond donors (Lipinski definition) is 1. The Kier molecular flexibility index (Phi) is 3.58. The van der Waals surface area contributed by atoms with Crippen molar-refractivity contribution in [2.45, 2.75) is 6.42 Å². The van der Waals surface area contributed by atoms with Crippen molar-refractivity contribution in [3.63, 3.8) is 0 Å². The second kappa shape index (κ2) is 5.14. The molecule has 0 aliphatic carbocycles. The molecule has 1 aromatic heterocycles. The van der Waals surface area contributed by atoms with Crippen molar-refractivity contribution in [3.05, 3.63) is 52.9 Å². The molecule has 0 amide bonds. The number of halogens is 2. The average molecular weight is 266 g/mol. The molecular weight excluding hydrogens is 257 g/mol. The van der Waals surface area contributed by atoms with E-state index in [-0.39, 0.29) is 11.4 Å². The second-order valence-electron chi connectivity index (χ2n) is 3.72. The predicted octanol–water partition coefficient (Wildman–Crippen LogP) is 3.17. The third-order valence-electron chi connectivity index (χ3n) is 2.38. The van der Waals surface area contributed by atoms with Crippen LogP contribution in [0.5, 0.6) is 0 Å². The summed E-state index contributed by atoms with van der Waals surface area (Å²) in [5.74, 6) is -1.38. The summed E-state index contributed by atoms with van der Waals surface area (Å²) < 4.78 is 13.6. The monoisotopic (exact) mass is 265 g/mol. The molecular formula is C13H9ClFNO2. The number of pyridine rings is 1. The van der Waals surface area contributed by atoms with Crippen LogP contribution in [0.2, 0.25) is 5.02 Å². The quantitative estimate of drug-likeness (QED) is 0.927. The Bertz CT molecular complexity index is 601. The highest BCUT2D eigenvalue weighted by atomic mass is 35.5. The van der Waals surface area contributed by atoms with E-state index < -0.39 is 11.8 Å². The fourth-order valence-electron chi connectivity index (χ4n) is 1.60. The fourth-order valence-corrected chi connectivity index (χ4v) is 1.89. The average Bonchev–Trinajstić information content (AvgIpc) is 2.30. The number of aliphatic carboxylic acids is 1. The number of carboxylic acids is 1. The molecule has 0 fully saturated rings. The molecule has 3 nitrogen and oxygen atoms in total. The first kappa shape index (κ1) is 12.5. The van der Waals surface area contributed by atoms with Crippen molar-refractivity contribution >= 4 is 17.6 Å². The number of carbonyl (C=O) groups is 1. The summed E-state index contributed by atoms with van der Waals surface area (Å²) >= 11 is 6.00. The summed E-state index contributed by atoms with van der Waals surface area (Å²) in [7, 11) is 0. The van der Waals surface area contributed by atoms with Crippen molar-refractivity contribution in [1.82, 2.24) is 4.98 Å². The van der Waals surface area contributed by atoms with E-state index in [9.17, 15) is 9.18 Å². The van der Waals surface area contributed by atoms with Crippen LogP contribution in [0.1, 0.15) is 5.56 Å². The van der Waals surface area contributed by atoms with Crippen LogP contribution in [-0.4, -0.2) is 16.1 Å². The zero-order valence-electron chi connectivity index (χ0n) is 9.23. The molecule has 0 radical (unpaired) electrons. The van der Waals surface area contributed by atoms with Gasteiger partial charge in [0.15, 0.2) is 0 Å². The summed E-state index contributed by atoms with van der Waals surface area (Å²) in [4.78, 5) is 14.6. The van der Waals surface area contributed by atoms with Gasteiger partial charge in [0.05, 0.1) is 17.1 Å². The van der Waals surface area contributed by atoms with Gasteiger partial charge < -0.3 is 5.11 Å². The molecule has 0 spiro atoms. The maximum Gasteiger partial charge on any atom is 0.307 e. The number of rotatable bonds is 3. The van der Waals surface area contributed by atoms with Gasteiger partial charge in [0.1, 0.15) is 5.82 Å². The number of aromatic nitrogens is 1. The SMILES string of the molecule is O=C(O)Cc1cnc(-c2ccccc2F)c(Cl)c1. The third-order valence-corrected chi connectivity index (χ3v) is 2.67. The van der Waals surface area contributed by atoms with E-state index in [1.807, 2.05) is 0 Å². The molecule has 18 heavy (non-hydrogen) atoms. The third kappa shape index (κ3) is 2.65. The van der Waals surface area contributed by atoms with Gasteiger partial charge in [0.25, 0.3) is 0 Å². The second-order valence-corrected chi connectivity index (χ2v) is 4.13. The van der Waals surface area contributed by atoms with E-state index in [1.165, 1.54) is 18.3 Å². The van der Waals surface area contributed by atoms with E-state index >= 15 is 0 Å². The van der Waals surface area contributed by atoms with E-state index in [2.05, 4.69) is 4.98 Å². The predicted molar refractivity (Wildman–Crippen MR) is 66.0 cm³/mol. The van der Waals surface area contributed by atoms with Gasteiger partial charge in [-0.15, -0.1) is 0 Å². The molecule has 2 rings (SSSR count). The van der Waals surface area contributed by atoms with Gasteiger partial charge in [-0.1, -0.05) is 23.7 Å². The van der Waals surface area contributed by atoms with Crippen LogP contribution in [0.4, 0.5) is 4.39 Å². The molecule has 0 saturated heterocycles. The highest BCUT2D eigenvalue weighted by Crippen LogP contribution is 2.28. The van der Waals surface area contributed by atoms with Crippen molar-refractivity contribution in [1.29, 1.82) is 0 Å². The normalized spacial score (nSPS) is 10.3. The van der Waals surface area contributed by atoms with E-state index in [0.29, 0.717) is 16.8 Å². The van der Waals surface area contributed by atoms with Crippen molar-refractivity contribution < 1.29 is 14.3 Å². The van der Waals surface area contributed by atoms with Gasteiger partial charge in [0.2, 0.25) is 0 Å². The summed E-state index contributed by atoms with van der Waals surface area (Å²) in [6.07, 6.45) is 1.23. The molecule has 0 aliphatic rings. The molecule has 92 valence electrons. The standard InChI is InChI=1S/C13H9ClFNO2/c14-10-5-8(6-12(17)18)7-16-13(10)9-3-1-2-4-11(9)15/h1-5,7H,6H2,(H,17,18). The van der Waals surface area contributed by atoms with Gasteiger partial charge in [-0.25, -0.2) is 4.39 Å². The van der Waals surface area contributed by atoms with Gasteiger partial charge in [0, 0.05) is 11.8 Å². The van der Waals surface area contributed by atoms with Crippen LogP contribution in [0, 0.1) is 5.82 Å². The van der Waals surface area contributed by atoms with Gasteiger partial charge in [-0.3, -0.25) is 9.78 Å². The van der Waals surface area contributed by atoms with Crippen LogP contribution in [0.25, 0.3) is 11.3 Å². The Hall–Kier alpha value is -1.94. The maximum atomic E-state index is 13.6. The van der Waals surface area contributed by atoms with Gasteiger partial charge >= 0.3 is 5.97 Å². The van der Waals surface area contributed by atoms with Crippen LogP contribution in [0.3, 0.4) is 0 Å². The molecule has 1 aromatic carbocycles. The van der Waals surface area contributed by atoms with Crippen LogP contribution < -0.4 is 0 Å². The van der Waals surface area contributed by atoms with Crippen LogP contribution >= 0.6 is 11.6 Å². The Morgan fingerprint density at radius 3 is 2.72 bits per heavy atom. The zero-order valence-corrected chi connectivity index (χ0v) is 9.99. The van der Waals surface area contributed by atoms with E-state index in [0.717, 1.165) is 0 Å². The largest absolute Gasteiger partial charge is 0.481 e. The Balaban J connectivity index is 2.42. The molecule has 2 aromatic rings. The summed E-state index contributed by atoms with van der Waals surface area (Å²) in [5.41, 5.74) is 1.08. The fraction of sp³-hybridized carbons (Fsp3) is 0.0769. The lowest BCUT2D eigenvalue weighted by molar-refractivity contribution is -0.136. The van der Waals surface area contributed by atoms with Gasteiger partial charge in [-0.05, 0) is 23.8 Å². The first-order valence-electron chi connectivity index (χ1n) is 5.19. The first-order valence-corrected chi connectivity index (χ1v) is 5.57. The topological polar surface area (TPSA) is 50.2 Å². The lowest BCUT2D eigenvalue weighted by Crippen LogP contribution is -2.01. The number of benzene rings is 1. The zero-order chi connectivity index (χ0) is 13.1. The minimum atomic E-state index is -0.966. The highest BCUT2D eigenvalue weighted by molar-refractivity contribution is 6.33. The molecule has 1 heterocycles. The Morgan fingerprint density at radius 1 is 1.39 bits per heavy atom. The van der Waals surface area contributed by atoms with Crippen molar-refractivity contribution in [2.75, 3.05) is 0 Å². The highest BCUT2D eigenvalue weighted by Gasteiger charge is 2.11. The number of hydrogen-bond acceptors (Lipinski definition) is 2. The molecule has 0 atom stereocenters.